The van der Waals surface area contributed by atoms with Crippen molar-refractivity contribution in [2.24, 2.45) is 0 Å². The van der Waals surface area contributed by atoms with Crippen molar-refractivity contribution in [2.75, 3.05) is 6.54 Å². The second-order valence-electron chi connectivity index (χ2n) is 6.73. The second-order valence-corrected chi connectivity index (χ2v) is 6.73. The third-order valence-electron chi connectivity index (χ3n) is 4.59. The van der Waals surface area contributed by atoms with Crippen LogP contribution in [0, 0.1) is 13.8 Å². The minimum Gasteiger partial charge on any atom is -0.486 e. The molecule has 0 unspecified atom stereocenters. The molecule has 1 aromatic heterocycles. The zero-order valence-electron chi connectivity index (χ0n) is 15.9. The van der Waals surface area contributed by atoms with Gasteiger partial charge < -0.3 is 14.6 Å². The van der Waals surface area contributed by atoms with E-state index in [1.807, 2.05) is 43.3 Å². The number of nitrogens with zero attached hydrogens (tertiary/aromatic N) is 1. The Balaban J connectivity index is 1.52. The van der Waals surface area contributed by atoms with E-state index in [0.29, 0.717) is 12.3 Å². The summed E-state index contributed by atoms with van der Waals surface area (Å²) in [6.45, 7) is 6.92. The van der Waals surface area contributed by atoms with Gasteiger partial charge in [-0.05, 0) is 48.6 Å². The van der Waals surface area contributed by atoms with Gasteiger partial charge >= 0.3 is 0 Å². The summed E-state index contributed by atoms with van der Waals surface area (Å²) < 4.78 is 10.9. The van der Waals surface area contributed by atoms with Crippen molar-refractivity contribution in [2.45, 2.75) is 33.3 Å². The number of ether oxygens (including phenoxy) is 1. The third-order valence-corrected chi connectivity index (χ3v) is 4.59. The molecule has 0 saturated heterocycles. The highest BCUT2D eigenvalue weighted by Crippen LogP contribution is 2.18. The van der Waals surface area contributed by atoms with E-state index in [-0.39, 0.29) is 24.1 Å². The topological polar surface area (TPSA) is 64.4 Å². The Kier molecular flexibility index (Phi) is 5.91. The van der Waals surface area contributed by atoms with Crippen LogP contribution in [0.1, 0.15) is 45.8 Å². The Morgan fingerprint density at radius 3 is 2.63 bits per heavy atom. The number of carbonyl (C=O) groups is 1. The van der Waals surface area contributed by atoms with Crippen LogP contribution in [-0.4, -0.2) is 17.6 Å². The summed E-state index contributed by atoms with van der Waals surface area (Å²) >= 11 is 0. The minimum absolute atomic E-state index is 0.217. The lowest BCUT2D eigenvalue weighted by Crippen LogP contribution is -2.27. The molecule has 0 saturated carbocycles. The van der Waals surface area contributed by atoms with Gasteiger partial charge in [0.25, 0.3) is 5.91 Å². The smallest absolute Gasteiger partial charge is 0.273 e. The first-order valence-electron chi connectivity index (χ1n) is 9.01. The molecule has 1 N–H and O–H groups in total. The van der Waals surface area contributed by atoms with Crippen molar-refractivity contribution >= 4 is 5.91 Å². The van der Waals surface area contributed by atoms with E-state index < -0.39 is 0 Å². The summed E-state index contributed by atoms with van der Waals surface area (Å²) in [6, 6.07) is 17.6. The van der Waals surface area contributed by atoms with Gasteiger partial charge in [-0.1, -0.05) is 48.5 Å². The van der Waals surface area contributed by atoms with E-state index in [1.54, 1.807) is 6.07 Å². The molecular weight excluding hydrogens is 340 g/mol. The summed E-state index contributed by atoms with van der Waals surface area (Å²) in [5.41, 5.74) is 3.82. The van der Waals surface area contributed by atoms with Crippen LogP contribution in [0.2, 0.25) is 0 Å². The van der Waals surface area contributed by atoms with Crippen molar-refractivity contribution in [1.29, 1.82) is 0 Å². The van der Waals surface area contributed by atoms with Crippen LogP contribution < -0.4 is 10.1 Å². The van der Waals surface area contributed by atoms with Crippen molar-refractivity contribution in [3.8, 4) is 5.75 Å². The van der Waals surface area contributed by atoms with Gasteiger partial charge in [0, 0.05) is 12.6 Å². The third kappa shape index (κ3) is 4.97. The maximum absolute atomic E-state index is 12.3. The monoisotopic (exact) mass is 364 g/mol. The first-order valence-corrected chi connectivity index (χ1v) is 9.01. The summed E-state index contributed by atoms with van der Waals surface area (Å²) in [5.74, 6) is 1.24. The molecule has 0 bridgehead atoms. The molecule has 1 heterocycles. The summed E-state index contributed by atoms with van der Waals surface area (Å²) in [7, 11) is 0. The molecule has 27 heavy (non-hydrogen) atoms. The molecule has 5 heteroatoms. The summed E-state index contributed by atoms with van der Waals surface area (Å²) in [6.07, 6.45) is 0. The van der Waals surface area contributed by atoms with E-state index in [9.17, 15) is 4.79 Å². The van der Waals surface area contributed by atoms with Crippen molar-refractivity contribution in [3.05, 3.63) is 82.7 Å². The molecule has 0 aliphatic carbocycles. The summed E-state index contributed by atoms with van der Waals surface area (Å²) in [5, 5.41) is 6.74. The average Bonchev–Trinajstić information content (AvgIpc) is 3.16. The molecule has 0 aliphatic heterocycles. The van der Waals surface area contributed by atoms with E-state index >= 15 is 0 Å². The SMILES string of the molecule is Cc1ccc(OCc2cc(C(=O)NC[C@@H](C)c3ccccc3)no2)cc1C. The number of hydrogen-bond acceptors (Lipinski definition) is 4. The van der Waals surface area contributed by atoms with E-state index in [2.05, 4.69) is 36.5 Å². The van der Waals surface area contributed by atoms with Crippen LogP contribution in [0.5, 0.6) is 5.75 Å². The highest BCUT2D eigenvalue weighted by atomic mass is 16.5. The quantitative estimate of drug-likeness (QED) is 0.675. The molecular formula is C22H24N2O3. The van der Waals surface area contributed by atoms with Crippen LogP contribution in [0.4, 0.5) is 0 Å². The van der Waals surface area contributed by atoms with Gasteiger partial charge in [0.15, 0.2) is 11.5 Å². The van der Waals surface area contributed by atoms with Crippen molar-refractivity contribution < 1.29 is 14.1 Å². The second kappa shape index (κ2) is 8.54. The number of amides is 1. The van der Waals surface area contributed by atoms with Gasteiger partial charge in [0.05, 0.1) is 0 Å². The molecule has 0 spiro atoms. The highest BCUT2D eigenvalue weighted by Gasteiger charge is 2.14. The molecule has 3 aromatic rings. The minimum atomic E-state index is -0.251. The molecule has 2 aromatic carbocycles. The Morgan fingerprint density at radius 1 is 1.11 bits per heavy atom. The van der Waals surface area contributed by atoms with Crippen LogP contribution in [0.25, 0.3) is 0 Å². The van der Waals surface area contributed by atoms with Crippen LogP contribution in [-0.2, 0) is 6.61 Å². The van der Waals surface area contributed by atoms with E-state index in [4.69, 9.17) is 9.26 Å². The number of nitrogens with one attached hydrogen (secondary N) is 1. The van der Waals surface area contributed by atoms with Gasteiger partial charge in [0.2, 0.25) is 0 Å². The Hall–Kier alpha value is -3.08. The lowest BCUT2D eigenvalue weighted by molar-refractivity contribution is 0.0942. The maximum atomic E-state index is 12.3. The average molecular weight is 364 g/mol. The number of aromatic nitrogens is 1. The highest BCUT2D eigenvalue weighted by molar-refractivity contribution is 5.92. The molecule has 0 aliphatic rings. The predicted molar refractivity (Wildman–Crippen MR) is 104 cm³/mol. The fraction of sp³-hybridized carbons (Fsp3) is 0.273. The van der Waals surface area contributed by atoms with Gasteiger partial charge in [-0.3, -0.25) is 4.79 Å². The summed E-state index contributed by atoms with van der Waals surface area (Å²) in [4.78, 5) is 12.3. The normalized spacial score (nSPS) is 11.8. The number of benzene rings is 2. The van der Waals surface area contributed by atoms with E-state index in [1.165, 1.54) is 11.1 Å². The zero-order valence-corrected chi connectivity index (χ0v) is 15.9. The van der Waals surface area contributed by atoms with Crippen molar-refractivity contribution in [3.63, 3.8) is 0 Å². The predicted octanol–water partition coefficient (Wildman–Crippen LogP) is 4.40. The Labute approximate surface area is 159 Å². The lowest BCUT2D eigenvalue weighted by Gasteiger charge is -2.12. The first-order chi connectivity index (χ1) is 13.0. The lowest BCUT2D eigenvalue weighted by atomic mass is 10.0. The van der Waals surface area contributed by atoms with Gasteiger partial charge in [0.1, 0.15) is 12.4 Å². The fourth-order valence-electron chi connectivity index (χ4n) is 2.68. The number of carbonyl (C=O) groups excluding carboxylic acids is 1. The van der Waals surface area contributed by atoms with E-state index in [0.717, 1.165) is 11.3 Å². The molecule has 0 radical (unpaired) electrons. The molecule has 140 valence electrons. The molecule has 1 atom stereocenters. The van der Waals surface area contributed by atoms with Crippen LogP contribution >= 0.6 is 0 Å². The molecule has 1 amide bonds. The van der Waals surface area contributed by atoms with Gasteiger partial charge in [-0.2, -0.15) is 0 Å². The Morgan fingerprint density at radius 2 is 1.89 bits per heavy atom. The molecule has 5 nitrogen and oxygen atoms in total. The van der Waals surface area contributed by atoms with Crippen LogP contribution in [0.15, 0.2) is 59.1 Å². The van der Waals surface area contributed by atoms with Crippen molar-refractivity contribution in [1.82, 2.24) is 10.5 Å². The number of rotatable bonds is 7. The molecule has 0 fully saturated rings. The van der Waals surface area contributed by atoms with Gasteiger partial charge in [-0.15, -0.1) is 0 Å². The fourth-order valence-corrected chi connectivity index (χ4v) is 2.68. The number of hydrogen-bond donors (Lipinski definition) is 1. The zero-order chi connectivity index (χ0) is 19.2. The first kappa shape index (κ1) is 18.7. The standard InChI is InChI=1S/C22H24N2O3/c1-15-9-10-19(11-16(15)2)26-14-20-12-21(24-27-20)22(25)23-13-17(3)18-7-5-4-6-8-18/h4-12,17H,13-14H2,1-3H3,(H,23,25)/t17-/m1/s1. The van der Waals surface area contributed by atoms with Crippen LogP contribution in [0.3, 0.4) is 0 Å². The maximum Gasteiger partial charge on any atom is 0.273 e. The Bertz CT molecular complexity index is 903. The molecule has 3 rings (SSSR count). The largest absolute Gasteiger partial charge is 0.486 e. The van der Waals surface area contributed by atoms with Gasteiger partial charge in [-0.25, -0.2) is 0 Å². The number of aryl methyl sites for hydroxylation is 2.